The Morgan fingerprint density at radius 1 is 1.33 bits per heavy atom. The van der Waals surface area contributed by atoms with E-state index in [-0.39, 0.29) is 6.04 Å². The Hall–Kier alpha value is -0.870. The molecule has 0 amide bonds. The van der Waals surface area contributed by atoms with Gasteiger partial charge in [-0.2, -0.15) is 0 Å². The predicted octanol–water partition coefficient (Wildman–Crippen LogP) is 3.30. The van der Waals surface area contributed by atoms with Gasteiger partial charge in [-0.3, -0.25) is 4.57 Å². The summed E-state index contributed by atoms with van der Waals surface area (Å²) in [4.78, 5) is 0. The molecule has 1 heterocycles. The molecule has 3 nitrogen and oxygen atoms in total. The van der Waals surface area contributed by atoms with Gasteiger partial charge in [0.25, 0.3) is 0 Å². The summed E-state index contributed by atoms with van der Waals surface area (Å²) in [5.41, 5.74) is 1.17. The van der Waals surface area contributed by atoms with E-state index in [2.05, 4.69) is 33.1 Å². The van der Waals surface area contributed by atoms with Crippen molar-refractivity contribution in [1.82, 2.24) is 14.8 Å². The number of hydrogen-bond acceptors (Lipinski definition) is 2. The van der Waals surface area contributed by atoms with E-state index in [9.17, 15) is 0 Å². The smallest absolute Gasteiger partial charge is 0.225 e. The van der Waals surface area contributed by atoms with Gasteiger partial charge in [-0.15, -0.1) is 10.2 Å². The van der Waals surface area contributed by atoms with E-state index in [1.54, 1.807) is 6.33 Å². The van der Waals surface area contributed by atoms with E-state index in [0.29, 0.717) is 5.28 Å². The van der Waals surface area contributed by atoms with Gasteiger partial charge < -0.3 is 0 Å². The average molecular weight is 287 g/mol. The highest BCUT2D eigenvalue weighted by Gasteiger charge is 2.10. The third-order valence-electron chi connectivity index (χ3n) is 2.30. The lowest BCUT2D eigenvalue weighted by Crippen LogP contribution is -2.05. The van der Waals surface area contributed by atoms with Crippen molar-refractivity contribution < 1.29 is 0 Å². The van der Waals surface area contributed by atoms with Gasteiger partial charge in [0, 0.05) is 4.47 Å². The Bertz CT molecular complexity index is 452. The van der Waals surface area contributed by atoms with E-state index >= 15 is 0 Å². The van der Waals surface area contributed by atoms with Crippen molar-refractivity contribution in [3.63, 3.8) is 0 Å². The third kappa shape index (κ3) is 2.21. The SMILES string of the molecule is CC(c1ccc(Br)cc1)n1cnnc1Cl. The summed E-state index contributed by atoms with van der Waals surface area (Å²) in [6.45, 7) is 2.05. The summed E-state index contributed by atoms with van der Waals surface area (Å²) in [5.74, 6) is 0. The highest BCUT2D eigenvalue weighted by atomic mass is 79.9. The van der Waals surface area contributed by atoms with Crippen LogP contribution in [-0.4, -0.2) is 14.8 Å². The molecule has 0 spiro atoms. The van der Waals surface area contributed by atoms with E-state index in [0.717, 1.165) is 4.47 Å². The number of nitrogens with zero attached hydrogens (tertiary/aromatic N) is 3. The predicted molar refractivity (Wildman–Crippen MR) is 63.0 cm³/mol. The molecule has 78 valence electrons. The van der Waals surface area contributed by atoms with Crippen LogP contribution in [0.4, 0.5) is 0 Å². The summed E-state index contributed by atoms with van der Waals surface area (Å²) in [5, 5.41) is 7.92. The molecule has 5 heteroatoms. The molecule has 0 aliphatic rings. The lowest BCUT2D eigenvalue weighted by Gasteiger charge is -2.13. The van der Waals surface area contributed by atoms with Crippen molar-refractivity contribution in [2.24, 2.45) is 0 Å². The monoisotopic (exact) mass is 285 g/mol. The molecule has 1 aromatic carbocycles. The Morgan fingerprint density at radius 3 is 2.53 bits per heavy atom. The Morgan fingerprint density at radius 2 is 2.00 bits per heavy atom. The molecule has 1 aromatic heterocycles. The molecule has 1 unspecified atom stereocenters. The van der Waals surface area contributed by atoms with Crippen LogP contribution in [0.1, 0.15) is 18.5 Å². The van der Waals surface area contributed by atoms with Gasteiger partial charge in [0.05, 0.1) is 6.04 Å². The first-order valence-corrected chi connectivity index (χ1v) is 5.66. The van der Waals surface area contributed by atoms with Crippen molar-refractivity contribution in [1.29, 1.82) is 0 Å². The lowest BCUT2D eigenvalue weighted by atomic mass is 10.1. The highest BCUT2D eigenvalue weighted by molar-refractivity contribution is 9.10. The van der Waals surface area contributed by atoms with Gasteiger partial charge in [0.2, 0.25) is 5.28 Å². The second kappa shape index (κ2) is 4.33. The molecular formula is C10H9BrClN3. The second-order valence-electron chi connectivity index (χ2n) is 3.23. The molecule has 0 saturated carbocycles. The largest absolute Gasteiger partial charge is 0.297 e. The van der Waals surface area contributed by atoms with Crippen LogP contribution in [0.5, 0.6) is 0 Å². The fraction of sp³-hybridized carbons (Fsp3) is 0.200. The van der Waals surface area contributed by atoms with E-state index < -0.39 is 0 Å². The van der Waals surface area contributed by atoms with Gasteiger partial charge in [0.1, 0.15) is 6.33 Å². The Balaban J connectivity index is 2.32. The van der Waals surface area contributed by atoms with Gasteiger partial charge in [-0.1, -0.05) is 28.1 Å². The maximum Gasteiger partial charge on any atom is 0.225 e. The quantitative estimate of drug-likeness (QED) is 0.848. The fourth-order valence-electron chi connectivity index (χ4n) is 1.39. The van der Waals surface area contributed by atoms with Crippen molar-refractivity contribution in [3.05, 3.63) is 45.9 Å². The molecule has 2 rings (SSSR count). The zero-order valence-corrected chi connectivity index (χ0v) is 10.4. The molecule has 0 N–H and O–H groups in total. The van der Waals surface area contributed by atoms with Crippen molar-refractivity contribution >= 4 is 27.5 Å². The van der Waals surface area contributed by atoms with Crippen molar-refractivity contribution in [2.45, 2.75) is 13.0 Å². The molecule has 0 radical (unpaired) electrons. The summed E-state index contributed by atoms with van der Waals surface area (Å²) < 4.78 is 2.89. The zero-order valence-electron chi connectivity index (χ0n) is 8.06. The molecule has 0 aliphatic carbocycles. The minimum absolute atomic E-state index is 0.139. The number of aromatic nitrogens is 3. The fourth-order valence-corrected chi connectivity index (χ4v) is 1.89. The van der Waals surface area contributed by atoms with Gasteiger partial charge in [-0.25, -0.2) is 0 Å². The first kappa shape index (κ1) is 10.6. The zero-order chi connectivity index (χ0) is 10.8. The lowest BCUT2D eigenvalue weighted by molar-refractivity contribution is 0.637. The van der Waals surface area contributed by atoms with Crippen molar-refractivity contribution in [3.8, 4) is 0 Å². The number of halogens is 2. The van der Waals surface area contributed by atoms with Crippen molar-refractivity contribution in [2.75, 3.05) is 0 Å². The van der Waals surface area contributed by atoms with Crippen LogP contribution < -0.4 is 0 Å². The average Bonchev–Trinajstić information content (AvgIpc) is 2.65. The Labute approximate surface area is 101 Å². The molecule has 0 fully saturated rings. The van der Waals surface area contributed by atoms with E-state index in [4.69, 9.17) is 11.6 Å². The van der Waals surface area contributed by atoms with E-state index in [1.807, 2.05) is 28.8 Å². The Kier molecular flexibility index (Phi) is 3.07. The minimum atomic E-state index is 0.139. The van der Waals surface area contributed by atoms with Crippen LogP contribution in [0.2, 0.25) is 5.28 Å². The number of rotatable bonds is 2. The molecule has 1 atom stereocenters. The molecule has 0 saturated heterocycles. The number of hydrogen-bond donors (Lipinski definition) is 0. The van der Waals surface area contributed by atoms with Crippen LogP contribution in [0.25, 0.3) is 0 Å². The maximum absolute atomic E-state index is 5.90. The molecule has 2 aromatic rings. The standard InChI is InChI=1S/C10H9BrClN3/c1-7(15-6-13-14-10(15)12)8-2-4-9(11)5-3-8/h2-7H,1H3. The molecular weight excluding hydrogens is 277 g/mol. The topological polar surface area (TPSA) is 30.7 Å². The number of benzene rings is 1. The first-order valence-electron chi connectivity index (χ1n) is 4.49. The summed E-state index contributed by atoms with van der Waals surface area (Å²) in [6, 6.07) is 8.24. The van der Waals surface area contributed by atoms with Crippen LogP contribution in [0.15, 0.2) is 35.1 Å². The van der Waals surface area contributed by atoms with Gasteiger partial charge in [-0.05, 0) is 36.2 Å². The van der Waals surface area contributed by atoms with Gasteiger partial charge in [0.15, 0.2) is 0 Å². The summed E-state index contributed by atoms with van der Waals surface area (Å²) >= 11 is 9.30. The van der Waals surface area contributed by atoms with Crippen LogP contribution in [-0.2, 0) is 0 Å². The molecule has 0 bridgehead atoms. The van der Waals surface area contributed by atoms with Crippen LogP contribution >= 0.6 is 27.5 Å². The van der Waals surface area contributed by atoms with Gasteiger partial charge >= 0.3 is 0 Å². The van der Waals surface area contributed by atoms with Crippen LogP contribution in [0.3, 0.4) is 0 Å². The first-order chi connectivity index (χ1) is 7.18. The summed E-state index contributed by atoms with van der Waals surface area (Å²) in [7, 11) is 0. The highest BCUT2D eigenvalue weighted by Crippen LogP contribution is 2.22. The minimum Gasteiger partial charge on any atom is -0.297 e. The maximum atomic E-state index is 5.90. The van der Waals surface area contributed by atoms with Crippen LogP contribution in [0, 0.1) is 0 Å². The van der Waals surface area contributed by atoms with E-state index in [1.165, 1.54) is 5.56 Å². The summed E-state index contributed by atoms with van der Waals surface area (Å²) in [6.07, 6.45) is 1.63. The normalized spacial score (nSPS) is 12.7. The molecule has 0 aliphatic heterocycles. The third-order valence-corrected chi connectivity index (χ3v) is 3.10. The molecule has 15 heavy (non-hydrogen) atoms. The second-order valence-corrected chi connectivity index (χ2v) is 4.49.